The van der Waals surface area contributed by atoms with Crippen LogP contribution in [0.25, 0.3) is 0 Å². The van der Waals surface area contributed by atoms with Crippen molar-refractivity contribution < 1.29 is 26.3 Å². The summed E-state index contributed by atoms with van der Waals surface area (Å²) in [6.45, 7) is 0.129. The Kier molecular flexibility index (Phi) is 4.22. The van der Waals surface area contributed by atoms with E-state index in [0.29, 0.717) is 11.9 Å². The van der Waals surface area contributed by atoms with Gasteiger partial charge in [-0.05, 0) is 24.3 Å². The second-order valence-electron chi connectivity index (χ2n) is 5.26. The molecule has 1 aliphatic rings. The van der Waals surface area contributed by atoms with E-state index in [0.717, 1.165) is 22.5 Å². The van der Waals surface area contributed by atoms with E-state index in [1.54, 1.807) is 24.4 Å². The lowest BCUT2D eigenvalue weighted by Crippen LogP contribution is -2.56. The molecule has 0 amide bonds. The summed E-state index contributed by atoms with van der Waals surface area (Å²) in [4.78, 5) is 3.59. The summed E-state index contributed by atoms with van der Waals surface area (Å²) in [7, 11) is -3.98. The third-order valence-corrected chi connectivity index (χ3v) is 5.37. The van der Waals surface area contributed by atoms with Crippen molar-refractivity contribution in [2.24, 2.45) is 0 Å². The lowest BCUT2D eigenvalue weighted by molar-refractivity contribution is -0.137. The molecule has 24 heavy (non-hydrogen) atoms. The highest BCUT2D eigenvalue weighted by atomic mass is 32.2. The minimum absolute atomic E-state index is 0.0646. The average molecular weight is 358 g/mol. The fourth-order valence-corrected chi connectivity index (χ4v) is 3.79. The van der Waals surface area contributed by atoms with Crippen molar-refractivity contribution in [1.29, 1.82) is 0 Å². The molecule has 1 aromatic carbocycles. The molecule has 0 unspecified atom stereocenters. The first-order valence-electron chi connectivity index (χ1n) is 7.02. The van der Waals surface area contributed by atoms with Crippen molar-refractivity contribution in [3.05, 3.63) is 54.2 Å². The number of sulfonamides is 1. The molecule has 9 heteroatoms. The largest absolute Gasteiger partial charge is 0.472 e. The van der Waals surface area contributed by atoms with E-state index < -0.39 is 21.8 Å². The number of rotatable bonds is 4. The van der Waals surface area contributed by atoms with Crippen molar-refractivity contribution in [3.63, 3.8) is 0 Å². The summed E-state index contributed by atoms with van der Waals surface area (Å²) in [6.07, 6.45) is -3.42. The number of benzene rings is 1. The predicted molar refractivity (Wildman–Crippen MR) is 78.9 cm³/mol. The molecule has 0 bridgehead atoms. The third-order valence-electron chi connectivity index (χ3n) is 3.54. The fraction of sp³-hybridized carbons (Fsp3) is 0.267. The molecule has 1 saturated heterocycles. The summed E-state index contributed by atoms with van der Waals surface area (Å²) in [5, 5.41) is 0. The number of alkyl halides is 3. The highest BCUT2D eigenvalue weighted by Gasteiger charge is 2.39. The van der Waals surface area contributed by atoms with Crippen molar-refractivity contribution in [2.45, 2.75) is 17.2 Å². The van der Waals surface area contributed by atoms with Gasteiger partial charge < -0.3 is 4.74 Å². The molecule has 1 fully saturated rings. The van der Waals surface area contributed by atoms with Crippen LogP contribution in [0.5, 0.6) is 5.88 Å². The topological polar surface area (TPSA) is 59.5 Å². The van der Waals surface area contributed by atoms with Crippen LogP contribution in [0.2, 0.25) is 0 Å². The summed E-state index contributed by atoms with van der Waals surface area (Å²) in [6, 6.07) is 8.80. The number of hydrogen-bond donors (Lipinski definition) is 0. The summed E-state index contributed by atoms with van der Waals surface area (Å²) in [5.41, 5.74) is -0.995. The maximum absolute atomic E-state index is 12.7. The van der Waals surface area contributed by atoms with Crippen LogP contribution in [-0.4, -0.2) is 36.9 Å². The number of nitrogens with zero attached hydrogens (tertiary/aromatic N) is 2. The maximum Gasteiger partial charge on any atom is 0.416 e. The molecule has 0 radical (unpaired) electrons. The van der Waals surface area contributed by atoms with E-state index in [9.17, 15) is 21.6 Å². The zero-order valence-electron chi connectivity index (χ0n) is 12.3. The highest BCUT2D eigenvalue weighted by molar-refractivity contribution is 7.89. The van der Waals surface area contributed by atoms with E-state index >= 15 is 0 Å². The molecule has 128 valence electrons. The summed E-state index contributed by atoms with van der Waals surface area (Å²) < 4.78 is 69.5. The van der Waals surface area contributed by atoms with Crippen molar-refractivity contribution in [3.8, 4) is 5.88 Å². The third kappa shape index (κ3) is 3.36. The van der Waals surface area contributed by atoms with Gasteiger partial charge in [0.1, 0.15) is 6.10 Å². The Morgan fingerprint density at radius 1 is 1.12 bits per heavy atom. The predicted octanol–water partition coefficient (Wildman–Crippen LogP) is 2.55. The van der Waals surface area contributed by atoms with E-state index in [2.05, 4.69) is 4.98 Å². The Bertz CT molecular complexity index is 819. The van der Waals surface area contributed by atoms with Crippen LogP contribution in [0.15, 0.2) is 53.6 Å². The monoisotopic (exact) mass is 358 g/mol. The van der Waals surface area contributed by atoms with E-state index in [4.69, 9.17) is 4.74 Å². The summed E-state index contributed by atoms with van der Waals surface area (Å²) >= 11 is 0. The zero-order valence-corrected chi connectivity index (χ0v) is 13.1. The molecule has 1 aliphatic heterocycles. The van der Waals surface area contributed by atoms with E-state index in [1.807, 2.05) is 0 Å². The van der Waals surface area contributed by atoms with Gasteiger partial charge in [0.15, 0.2) is 0 Å². The van der Waals surface area contributed by atoms with Gasteiger partial charge in [0.05, 0.1) is 23.5 Å². The van der Waals surface area contributed by atoms with Gasteiger partial charge >= 0.3 is 6.18 Å². The van der Waals surface area contributed by atoms with Gasteiger partial charge in [-0.15, -0.1) is 0 Å². The number of aromatic nitrogens is 1. The first kappa shape index (κ1) is 16.7. The van der Waals surface area contributed by atoms with Gasteiger partial charge in [0.2, 0.25) is 15.9 Å². The lowest BCUT2D eigenvalue weighted by Gasteiger charge is -2.37. The molecule has 1 aromatic heterocycles. The maximum atomic E-state index is 12.7. The molecule has 0 atom stereocenters. The fourth-order valence-electron chi connectivity index (χ4n) is 2.24. The second kappa shape index (κ2) is 6.06. The number of ether oxygens (including phenoxy) is 1. The molecule has 0 saturated carbocycles. The minimum Gasteiger partial charge on any atom is -0.472 e. The Hall–Kier alpha value is -2.13. The molecule has 2 aromatic rings. The Balaban J connectivity index is 1.70. The summed E-state index contributed by atoms with van der Waals surface area (Å²) in [5.74, 6) is 0.374. The zero-order chi connectivity index (χ0) is 17.4. The normalized spacial score (nSPS) is 16.6. The van der Waals surface area contributed by atoms with Crippen LogP contribution in [-0.2, 0) is 16.2 Å². The van der Waals surface area contributed by atoms with Crippen LogP contribution >= 0.6 is 0 Å². The SMILES string of the molecule is O=S(=O)(c1cccc(C(F)(F)F)c1)N1CC(Oc2ccccn2)C1. The standard InChI is InChI=1S/C15H13F3N2O3S/c16-15(17,18)11-4-3-5-13(8-11)24(21,22)20-9-12(10-20)23-14-6-1-2-7-19-14/h1-8,12H,9-10H2. The van der Waals surface area contributed by atoms with Crippen LogP contribution in [0.3, 0.4) is 0 Å². The molecule has 0 N–H and O–H groups in total. The Labute approximate surface area is 136 Å². The molecule has 3 rings (SSSR count). The Morgan fingerprint density at radius 2 is 1.88 bits per heavy atom. The van der Waals surface area contributed by atoms with Gasteiger partial charge in [-0.1, -0.05) is 12.1 Å². The highest BCUT2D eigenvalue weighted by Crippen LogP contribution is 2.32. The molecular formula is C15H13F3N2O3S. The van der Waals surface area contributed by atoms with Gasteiger partial charge in [-0.2, -0.15) is 17.5 Å². The Morgan fingerprint density at radius 3 is 2.50 bits per heavy atom. The number of halogens is 3. The van der Waals surface area contributed by atoms with E-state index in [-0.39, 0.29) is 24.1 Å². The lowest BCUT2D eigenvalue weighted by atomic mass is 10.2. The van der Waals surface area contributed by atoms with Crippen molar-refractivity contribution >= 4 is 10.0 Å². The van der Waals surface area contributed by atoms with Gasteiger partial charge in [0, 0.05) is 12.3 Å². The van der Waals surface area contributed by atoms with Crippen LogP contribution in [0.4, 0.5) is 13.2 Å². The first-order valence-corrected chi connectivity index (χ1v) is 8.46. The van der Waals surface area contributed by atoms with Crippen molar-refractivity contribution in [2.75, 3.05) is 13.1 Å². The first-order chi connectivity index (χ1) is 11.3. The number of hydrogen-bond acceptors (Lipinski definition) is 4. The van der Waals surface area contributed by atoms with Gasteiger partial charge in [0.25, 0.3) is 0 Å². The molecule has 2 heterocycles. The van der Waals surface area contributed by atoms with E-state index in [1.165, 1.54) is 0 Å². The van der Waals surface area contributed by atoms with Crippen molar-refractivity contribution in [1.82, 2.24) is 9.29 Å². The van der Waals surface area contributed by atoms with Crippen LogP contribution < -0.4 is 4.74 Å². The van der Waals surface area contributed by atoms with Gasteiger partial charge in [-0.3, -0.25) is 0 Å². The quantitative estimate of drug-likeness (QED) is 0.843. The second-order valence-corrected chi connectivity index (χ2v) is 7.19. The molecule has 5 nitrogen and oxygen atoms in total. The number of pyridine rings is 1. The molecule has 0 aliphatic carbocycles. The smallest absolute Gasteiger partial charge is 0.416 e. The molecule has 0 spiro atoms. The van der Waals surface area contributed by atoms with Gasteiger partial charge in [-0.25, -0.2) is 13.4 Å². The van der Waals surface area contributed by atoms with Crippen LogP contribution in [0, 0.1) is 0 Å². The molecular weight excluding hydrogens is 345 g/mol. The average Bonchev–Trinajstić information content (AvgIpc) is 2.50. The minimum atomic E-state index is -4.59. The van der Waals surface area contributed by atoms with Crippen LogP contribution in [0.1, 0.15) is 5.56 Å².